The van der Waals surface area contributed by atoms with E-state index < -0.39 is 15.9 Å². The number of piperidine rings is 1. The van der Waals surface area contributed by atoms with Crippen molar-refractivity contribution in [3.8, 4) is 0 Å². The second-order valence-electron chi connectivity index (χ2n) is 8.65. The van der Waals surface area contributed by atoms with E-state index >= 15 is 0 Å². The number of anilines is 1. The fourth-order valence-electron chi connectivity index (χ4n) is 4.39. The minimum Gasteiger partial charge on any atom is -0.356 e. The fraction of sp³-hybridized carbons (Fsp3) is 0.478. The highest BCUT2D eigenvalue weighted by Gasteiger charge is 2.34. The Bertz CT molecular complexity index is 1090. The molecule has 2 aliphatic rings. The van der Waals surface area contributed by atoms with Gasteiger partial charge in [-0.25, -0.2) is 8.42 Å². The standard InChI is InChI=1S/C23H29ClN4O4S/c24-18-7-9-19(10-8-18)26-22(29)17-6-5-13-28(16-17)33(31,32)20-14-21(25-15-20)23(30)27-11-3-1-2-4-12-27/h7-10,14-15,17,25H,1-6,11-13,16H2,(H,26,29). The number of halogens is 1. The lowest BCUT2D eigenvalue weighted by atomic mass is 9.99. The minimum atomic E-state index is -3.82. The molecule has 2 amide bonds. The average molecular weight is 493 g/mol. The van der Waals surface area contributed by atoms with Crippen molar-refractivity contribution in [1.82, 2.24) is 14.2 Å². The van der Waals surface area contributed by atoms with Gasteiger partial charge in [-0.05, 0) is 56.0 Å². The zero-order valence-electron chi connectivity index (χ0n) is 18.4. The van der Waals surface area contributed by atoms with Crippen molar-refractivity contribution in [2.24, 2.45) is 5.92 Å². The van der Waals surface area contributed by atoms with Gasteiger partial charge in [-0.15, -0.1) is 0 Å². The maximum atomic E-state index is 13.3. The molecule has 4 rings (SSSR count). The summed E-state index contributed by atoms with van der Waals surface area (Å²) < 4.78 is 27.8. The summed E-state index contributed by atoms with van der Waals surface area (Å²) in [7, 11) is -3.82. The Labute approximate surface area is 199 Å². The number of carbonyl (C=O) groups is 2. The van der Waals surface area contributed by atoms with Crippen molar-refractivity contribution < 1.29 is 18.0 Å². The summed E-state index contributed by atoms with van der Waals surface area (Å²) in [5, 5.41) is 3.41. The van der Waals surface area contributed by atoms with Crippen LogP contribution in [-0.2, 0) is 14.8 Å². The Hall–Kier alpha value is -2.36. The SMILES string of the molecule is O=C(Nc1ccc(Cl)cc1)C1CCCN(S(=O)(=O)c2c[nH]c(C(=O)N3CCCCCC3)c2)C1. The smallest absolute Gasteiger partial charge is 0.270 e. The van der Waals surface area contributed by atoms with Gasteiger partial charge in [0.05, 0.1) is 5.92 Å². The summed E-state index contributed by atoms with van der Waals surface area (Å²) in [5.74, 6) is -0.845. The first-order valence-electron chi connectivity index (χ1n) is 11.4. The molecule has 0 spiro atoms. The van der Waals surface area contributed by atoms with E-state index in [1.807, 2.05) is 0 Å². The number of rotatable bonds is 5. The van der Waals surface area contributed by atoms with Crippen molar-refractivity contribution in [2.75, 3.05) is 31.5 Å². The van der Waals surface area contributed by atoms with Crippen LogP contribution in [0.15, 0.2) is 41.4 Å². The maximum Gasteiger partial charge on any atom is 0.270 e. The predicted octanol–water partition coefficient (Wildman–Crippen LogP) is 3.72. The van der Waals surface area contributed by atoms with Crippen LogP contribution in [0.5, 0.6) is 0 Å². The lowest BCUT2D eigenvalue weighted by Crippen LogP contribution is -2.43. The van der Waals surface area contributed by atoms with Crippen LogP contribution in [0.2, 0.25) is 5.02 Å². The van der Waals surface area contributed by atoms with Crippen molar-refractivity contribution in [3.63, 3.8) is 0 Å². The third kappa shape index (κ3) is 5.59. The summed E-state index contributed by atoms with van der Waals surface area (Å²) in [6, 6.07) is 8.21. The lowest BCUT2D eigenvalue weighted by molar-refractivity contribution is -0.120. The number of aromatic amines is 1. The summed E-state index contributed by atoms with van der Waals surface area (Å²) >= 11 is 5.88. The third-order valence-corrected chi connectivity index (χ3v) is 8.38. The average Bonchev–Trinajstić information content (AvgIpc) is 3.17. The molecule has 8 nitrogen and oxygen atoms in total. The zero-order valence-corrected chi connectivity index (χ0v) is 20.0. The number of likely N-dealkylation sites (tertiary alicyclic amines) is 1. The van der Waals surface area contributed by atoms with Gasteiger partial charge in [-0.3, -0.25) is 9.59 Å². The molecule has 0 saturated carbocycles. The van der Waals surface area contributed by atoms with Crippen LogP contribution < -0.4 is 5.32 Å². The molecule has 0 aliphatic carbocycles. The first-order chi connectivity index (χ1) is 15.8. The highest BCUT2D eigenvalue weighted by Crippen LogP contribution is 2.26. The molecular weight excluding hydrogens is 464 g/mol. The van der Waals surface area contributed by atoms with E-state index in [1.165, 1.54) is 16.6 Å². The normalized spacial score (nSPS) is 20.3. The van der Waals surface area contributed by atoms with Crippen LogP contribution in [0.25, 0.3) is 0 Å². The van der Waals surface area contributed by atoms with Gasteiger partial charge >= 0.3 is 0 Å². The van der Waals surface area contributed by atoms with Gasteiger partial charge in [-0.2, -0.15) is 4.31 Å². The first-order valence-corrected chi connectivity index (χ1v) is 13.2. The molecule has 3 heterocycles. The van der Waals surface area contributed by atoms with Gasteiger partial charge < -0.3 is 15.2 Å². The van der Waals surface area contributed by atoms with E-state index in [-0.39, 0.29) is 28.9 Å². The molecule has 1 aromatic carbocycles. The molecular formula is C23H29ClN4O4S. The monoisotopic (exact) mass is 492 g/mol. The van der Waals surface area contributed by atoms with E-state index in [2.05, 4.69) is 10.3 Å². The second kappa shape index (κ2) is 10.3. The minimum absolute atomic E-state index is 0.0550. The Kier molecular flexibility index (Phi) is 7.41. The molecule has 2 fully saturated rings. The van der Waals surface area contributed by atoms with Crippen molar-refractivity contribution in [2.45, 2.75) is 43.4 Å². The van der Waals surface area contributed by atoms with Gasteiger partial charge in [-0.1, -0.05) is 24.4 Å². The van der Waals surface area contributed by atoms with Gasteiger partial charge in [0.2, 0.25) is 15.9 Å². The molecule has 2 saturated heterocycles. The Morgan fingerprint density at radius 1 is 1.00 bits per heavy atom. The van der Waals surface area contributed by atoms with E-state index in [9.17, 15) is 18.0 Å². The van der Waals surface area contributed by atoms with E-state index in [0.717, 1.165) is 25.7 Å². The van der Waals surface area contributed by atoms with E-state index in [1.54, 1.807) is 29.2 Å². The molecule has 0 radical (unpaired) electrons. The Morgan fingerprint density at radius 3 is 2.39 bits per heavy atom. The number of hydrogen-bond donors (Lipinski definition) is 2. The van der Waals surface area contributed by atoms with Crippen molar-refractivity contribution in [1.29, 1.82) is 0 Å². The highest BCUT2D eigenvalue weighted by molar-refractivity contribution is 7.89. The summed E-state index contributed by atoms with van der Waals surface area (Å²) in [6.45, 7) is 1.82. The highest BCUT2D eigenvalue weighted by atomic mass is 35.5. The molecule has 178 valence electrons. The molecule has 2 aromatic rings. The summed E-state index contributed by atoms with van der Waals surface area (Å²) in [6.07, 6.45) is 6.71. The van der Waals surface area contributed by atoms with Crippen molar-refractivity contribution in [3.05, 3.63) is 47.2 Å². The van der Waals surface area contributed by atoms with Crippen LogP contribution in [0.3, 0.4) is 0 Å². The third-order valence-electron chi connectivity index (χ3n) is 6.28. The van der Waals surface area contributed by atoms with Crippen LogP contribution in [0.4, 0.5) is 5.69 Å². The molecule has 10 heteroatoms. The largest absolute Gasteiger partial charge is 0.356 e. The van der Waals surface area contributed by atoms with Crippen molar-refractivity contribution >= 4 is 39.1 Å². The van der Waals surface area contributed by atoms with Gasteiger partial charge in [0.15, 0.2) is 0 Å². The summed E-state index contributed by atoms with van der Waals surface area (Å²) in [5.41, 5.74) is 0.899. The number of H-pyrrole nitrogens is 1. The molecule has 2 N–H and O–H groups in total. The van der Waals surface area contributed by atoms with Gasteiger partial charge in [0.1, 0.15) is 10.6 Å². The molecule has 0 bridgehead atoms. The number of amides is 2. The quantitative estimate of drug-likeness (QED) is 0.663. The molecule has 1 atom stereocenters. The number of hydrogen-bond acceptors (Lipinski definition) is 4. The molecule has 33 heavy (non-hydrogen) atoms. The first kappa shape index (κ1) is 23.8. The zero-order chi connectivity index (χ0) is 23.4. The number of nitrogens with zero attached hydrogens (tertiary/aromatic N) is 2. The Morgan fingerprint density at radius 2 is 1.70 bits per heavy atom. The van der Waals surface area contributed by atoms with E-state index in [4.69, 9.17) is 11.6 Å². The Balaban J connectivity index is 1.43. The topological polar surface area (TPSA) is 103 Å². The number of benzene rings is 1. The second-order valence-corrected chi connectivity index (χ2v) is 11.0. The number of carbonyl (C=O) groups excluding carboxylic acids is 2. The van der Waals surface area contributed by atoms with Gasteiger partial charge in [0.25, 0.3) is 5.91 Å². The summed E-state index contributed by atoms with van der Waals surface area (Å²) in [4.78, 5) is 30.3. The number of nitrogens with one attached hydrogen (secondary N) is 2. The lowest BCUT2D eigenvalue weighted by Gasteiger charge is -2.31. The number of aromatic nitrogens is 1. The molecule has 2 aliphatic heterocycles. The fourth-order valence-corrected chi connectivity index (χ4v) is 6.04. The van der Waals surface area contributed by atoms with Gasteiger partial charge in [0, 0.05) is 43.1 Å². The van der Waals surface area contributed by atoms with Crippen LogP contribution in [0.1, 0.15) is 49.0 Å². The van der Waals surface area contributed by atoms with Crippen LogP contribution in [-0.4, -0.2) is 60.6 Å². The van der Waals surface area contributed by atoms with Crippen LogP contribution in [0, 0.1) is 5.92 Å². The van der Waals surface area contributed by atoms with E-state index in [0.29, 0.717) is 43.2 Å². The molecule has 1 aromatic heterocycles. The molecule has 1 unspecified atom stereocenters. The van der Waals surface area contributed by atoms with Crippen LogP contribution >= 0.6 is 11.6 Å². The number of sulfonamides is 1. The maximum absolute atomic E-state index is 13.3. The predicted molar refractivity (Wildman–Crippen MR) is 127 cm³/mol.